The lowest BCUT2D eigenvalue weighted by Gasteiger charge is -2.34. The van der Waals surface area contributed by atoms with Gasteiger partial charge in [-0.25, -0.2) is 9.37 Å². The molecule has 29 heavy (non-hydrogen) atoms. The molecule has 152 valence electrons. The van der Waals surface area contributed by atoms with Crippen LogP contribution < -0.4 is 5.32 Å². The Morgan fingerprint density at radius 1 is 1.28 bits per heavy atom. The molecule has 0 unspecified atom stereocenters. The maximum Gasteiger partial charge on any atom is 0.257 e. The van der Waals surface area contributed by atoms with Gasteiger partial charge in [0, 0.05) is 47.9 Å². The average molecular weight is 526 g/mol. The van der Waals surface area contributed by atoms with E-state index in [1.54, 1.807) is 18.3 Å². The first kappa shape index (κ1) is 20.5. The second-order valence-corrected chi connectivity index (χ2v) is 9.01. The number of amides is 1. The van der Waals surface area contributed by atoms with Crippen molar-refractivity contribution in [3.8, 4) is 0 Å². The molecule has 4 rings (SSSR count). The largest absolute Gasteiger partial charge is 0.395 e. The molecule has 1 aliphatic heterocycles. The number of nitrogens with zero attached hydrogens (tertiary/aromatic N) is 3. The summed E-state index contributed by atoms with van der Waals surface area (Å²) in [6, 6.07) is 8.64. The molecule has 6 nitrogen and oxygen atoms in total. The summed E-state index contributed by atoms with van der Waals surface area (Å²) in [6.45, 7) is 3.36. The highest BCUT2D eigenvalue weighted by Gasteiger charge is 2.27. The smallest absolute Gasteiger partial charge is 0.257 e. The van der Waals surface area contributed by atoms with Gasteiger partial charge >= 0.3 is 0 Å². The lowest BCUT2D eigenvalue weighted by molar-refractivity contribution is 0.0618. The van der Waals surface area contributed by atoms with Gasteiger partial charge in [-0.3, -0.25) is 9.69 Å². The van der Waals surface area contributed by atoms with Gasteiger partial charge in [0.05, 0.1) is 17.9 Å². The van der Waals surface area contributed by atoms with E-state index in [4.69, 9.17) is 5.11 Å². The van der Waals surface area contributed by atoms with E-state index in [0.29, 0.717) is 35.9 Å². The molecule has 0 radical (unpaired) electrons. The number of thiophene rings is 1. The van der Waals surface area contributed by atoms with Crippen LogP contribution in [0.2, 0.25) is 0 Å². The topological polar surface area (TPSA) is 68.7 Å². The Bertz CT molecular complexity index is 1040. The van der Waals surface area contributed by atoms with Gasteiger partial charge in [-0.15, -0.1) is 0 Å². The van der Waals surface area contributed by atoms with Crippen LogP contribution in [0, 0.1) is 9.39 Å². The van der Waals surface area contributed by atoms with Crippen molar-refractivity contribution in [2.24, 2.45) is 0 Å². The summed E-state index contributed by atoms with van der Waals surface area (Å²) in [5.41, 5.74) is 0.866. The number of carbonyl (C=O) groups excluding carboxylic acids is 1. The molecule has 3 heterocycles. The van der Waals surface area contributed by atoms with Crippen LogP contribution in [-0.2, 0) is 0 Å². The monoisotopic (exact) mass is 526 g/mol. The molecule has 1 fully saturated rings. The summed E-state index contributed by atoms with van der Waals surface area (Å²) >= 11 is 3.41. The van der Waals surface area contributed by atoms with Gasteiger partial charge in [0.2, 0.25) is 0 Å². The molecular weight excluding hydrogens is 506 g/mol. The molecule has 2 aromatic heterocycles. The minimum Gasteiger partial charge on any atom is -0.395 e. The van der Waals surface area contributed by atoms with E-state index < -0.39 is 0 Å². The van der Waals surface area contributed by atoms with Crippen LogP contribution in [0.15, 0.2) is 36.5 Å². The van der Waals surface area contributed by atoms with Crippen LogP contribution in [0.4, 0.5) is 15.1 Å². The normalized spacial score (nSPS) is 15.1. The Morgan fingerprint density at radius 3 is 2.79 bits per heavy atom. The highest BCUT2D eigenvalue weighted by Crippen LogP contribution is 2.37. The zero-order valence-electron chi connectivity index (χ0n) is 15.6. The van der Waals surface area contributed by atoms with E-state index in [2.05, 4.69) is 37.8 Å². The lowest BCUT2D eigenvalue weighted by Crippen LogP contribution is -2.49. The van der Waals surface area contributed by atoms with E-state index in [0.717, 1.165) is 26.9 Å². The number of rotatable bonds is 5. The number of pyridine rings is 1. The maximum absolute atomic E-state index is 14.4. The third-order valence-corrected chi connectivity index (χ3v) is 6.64. The van der Waals surface area contributed by atoms with E-state index in [9.17, 15) is 9.18 Å². The van der Waals surface area contributed by atoms with Crippen molar-refractivity contribution < 1.29 is 14.3 Å². The number of piperazine rings is 1. The summed E-state index contributed by atoms with van der Waals surface area (Å²) in [4.78, 5) is 22.5. The SMILES string of the molecule is O=C(c1c(Nc2ccc(I)cc2F)sc2ncccc12)N1CCN(CCO)CC1. The number of halogens is 2. The molecule has 1 amide bonds. The zero-order valence-corrected chi connectivity index (χ0v) is 18.5. The quantitative estimate of drug-likeness (QED) is 0.498. The van der Waals surface area contributed by atoms with Gasteiger partial charge in [-0.2, -0.15) is 0 Å². The van der Waals surface area contributed by atoms with Crippen LogP contribution in [0.1, 0.15) is 10.4 Å². The molecule has 1 aliphatic rings. The second kappa shape index (κ2) is 8.90. The summed E-state index contributed by atoms with van der Waals surface area (Å²) < 4.78 is 15.2. The highest BCUT2D eigenvalue weighted by molar-refractivity contribution is 14.1. The fourth-order valence-electron chi connectivity index (χ4n) is 3.42. The Balaban J connectivity index is 1.66. The van der Waals surface area contributed by atoms with Crippen molar-refractivity contribution in [1.29, 1.82) is 0 Å². The van der Waals surface area contributed by atoms with Gasteiger partial charge in [0.25, 0.3) is 5.91 Å². The van der Waals surface area contributed by atoms with Crippen molar-refractivity contribution in [2.75, 3.05) is 44.6 Å². The van der Waals surface area contributed by atoms with Gasteiger partial charge in [0.15, 0.2) is 0 Å². The second-order valence-electron chi connectivity index (χ2n) is 6.77. The van der Waals surface area contributed by atoms with Gasteiger partial charge in [0.1, 0.15) is 15.6 Å². The molecule has 0 bridgehead atoms. The lowest BCUT2D eigenvalue weighted by atomic mass is 10.1. The summed E-state index contributed by atoms with van der Waals surface area (Å²) in [6.07, 6.45) is 1.69. The predicted octanol–water partition coefficient (Wildman–Crippen LogP) is 3.53. The molecule has 3 aromatic rings. The minimum atomic E-state index is -0.363. The van der Waals surface area contributed by atoms with Crippen molar-refractivity contribution in [2.45, 2.75) is 0 Å². The fraction of sp³-hybridized carbons (Fsp3) is 0.300. The summed E-state index contributed by atoms with van der Waals surface area (Å²) in [7, 11) is 0. The summed E-state index contributed by atoms with van der Waals surface area (Å²) in [5.74, 6) is -0.445. The average Bonchev–Trinajstić information content (AvgIpc) is 3.08. The van der Waals surface area contributed by atoms with Crippen LogP contribution in [-0.4, -0.2) is 65.1 Å². The van der Waals surface area contributed by atoms with Crippen molar-refractivity contribution >= 4 is 60.7 Å². The molecule has 9 heteroatoms. The third kappa shape index (κ3) is 4.37. The van der Waals surface area contributed by atoms with Crippen LogP contribution >= 0.6 is 33.9 Å². The van der Waals surface area contributed by atoms with Crippen molar-refractivity contribution in [3.05, 3.63) is 51.5 Å². The Labute approximate surface area is 185 Å². The number of aromatic nitrogens is 1. The number of fused-ring (bicyclic) bond motifs is 1. The number of aliphatic hydroxyl groups is 1. The molecule has 2 N–H and O–H groups in total. The first-order valence-corrected chi connectivity index (χ1v) is 11.2. The molecule has 0 atom stereocenters. The summed E-state index contributed by atoms with van der Waals surface area (Å²) in [5, 5.41) is 13.6. The van der Waals surface area contributed by atoms with Crippen LogP contribution in [0.5, 0.6) is 0 Å². The first-order valence-electron chi connectivity index (χ1n) is 9.29. The number of β-amino-alcohol motifs (C(OH)–C–C–N with tert-alkyl or cyclic N) is 1. The standard InChI is InChI=1S/C20H20FIN4O2S/c21-15-12-13(22)3-4-16(15)24-19-17(14-2-1-5-23-18(14)29-19)20(28)26-8-6-25(7-9-26)10-11-27/h1-5,12,24,27H,6-11H2. The Morgan fingerprint density at radius 2 is 2.07 bits per heavy atom. The minimum absolute atomic E-state index is 0.0821. The van der Waals surface area contributed by atoms with Gasteiger partial charge in [-0.05, 0) is 52.9 Å². The van der Waals surface area contributed by atoms with Crippen molar-refractivity contribution in [3.63, 3.8) is 0 Å². The van der Waals surface area contributed by atoms with E-state index in [1.165, 1.54) is 17.4 Å². The molecular formula is C20H20FIN4O2S. The molecule has 0 aliphatic carbocycles. The van der Waals surface area contributed by atoms with Crippen LogP contribution in [0.3, 0.4) is 0 Å². The number of carbonyl (C=O) groups is 1. The van der Waals surface area contributed by atoms with Crippen LogP contribution in [0.25, 0.3) is 10.2 Å². The molecule has 0 saturated carbocycles. The predicted molar refractivity (Wildman–Crippen MR) is 121 cm³/mol. The first-order chi connectivity index (χ1) is 14.1. The number of hydrogen-bond acceptors (Lipinski definition) is 6. The van der Waals surface area contributed by atoms with Gasteiger partial charge < -0.3 is 15.3 Å². The molecule has 1 aromatic carbocycles. The Hall–Kier alpha value is -1.82. The third-order valence-electron chi connectivity index (χ3n) is 4.94. The highest BCUT2D eigenvalue weighted by atomic mass is 127. The number of aliphatic hydroxyl groups excluding tert-OH is 1. The number of benzene rings is 1. The van der Waals surface area contributed by atoms with E-state index in [1.807, 2.05) is 17.0 Å². The van der Waals surface area contributed by atoms with Gasteiger partial charge in [-0.1, -0.05) is 11.3 Å². The fourth-order valence-corrected chi connectivity index (χ4v) is 4.92. The van der Waals surface area contributed by atoms with E-state index in [-0.39, 0.29) is 18.3 Å². The maximum atomic E-state index is 14.4. The molecule has 1 saturated heterocycles. The number of nitrogens with one attached hydrogen (secondary N) is 1. The van der Waals surface area contributed by atoms with E-state index >= 15 is 0 Å². The number of hydrogen-bond donors (Lipinski definition) is 2. The van der Waals surface area contributed by atoms with Crippen molar-refractivity contribution in [1.82, 2.24) is 14.8 Å². The Kier molecular flexibility index (Phi) is 6.28. The molecule has 0 spiro atoms. The zero-order chi connectivity index (χ0) is 20.4. The number of anilines is 2.